The second kappa shape index (κ2) is 4.33. The summed E-state index contributed by atoms with van der Waals surface area (Å²) in [6.45, 7) is 1.21. The highest BCUT2D eigenvalue weighted by molar-refractivity contribution is 5.97. The van der Waals surface area contributed by atoms with E-state index in [1.54, 1.807) is 36.3 Å². The van der Waals surface area contributed by atoms with Crippen LogP contribution in [0.15, 0.2) is 24.3 Å². The minimum absolute atomic E-state index is 0.0922. The summed E-state index contributed by atoms with van der Waals surface area (Å²) in [5, 5.41) is 8.89. The number of benzene rings is 1. The van der Waals surface area contributed by atoms with Crippen molar-refractivity contribution in [2.45, 2.75) is 6.10 Å². The average molecular weight is 216 g/mol. The highest BCUT2D eigenvalue weighted by Crippen LogP contribution is 2.17. The summed E-state index contributed by atoms with van der Waals surface area (Å²) in [6, 6.07) is 8.88. The summed E-state index contributed by atoms with van der Waals surface area (Å²) >= 11 is 0. The van der Waals surface area contributed by atoms with Gasteiger partial charge in [0, 0.05) is 20.2 Å². The van der Waals surface area contributed by atoms with Gasteiger partial charge in [0.25, 0.3) is 5.91 Å². The number of nitrogens with zero attached hydrogens (tertiary/aromatic N) is 2. The molecule has 0 aliphatic carbocycles. The van der Waals surface area contributed by atoms with Gasteiger partial charge in [0.1, 0.15) is 0 Å². The molecular weight excluding hydrogens is 204 g/mol. The SMILES string of the molecule is COC1CN(C(=O)c2ccccc2C#N)C1. The molecule has 2 rings (SSSR count). The first-order valence-corrected chi connectivity index (χ1v) is 5.07. The largest absolute Gasteiger partial charge is 0.378 e. The van der Waals surface area contributed by atoms with Crippen LogP contribution in [0.2, 0.25) is 0 Å². The zero-order chi connectivity index (χ0) is 11.5. The van der Waals surface area contributed by atoms with E-state index >= 15 is 0 Å². The van der Waals surface area contributed by atoms with Gasteiger partial charge < -0.3 is 9.64 Å². The summed E-state index contributed by atoms with van der Waals surface area (Å²) in [7, 11) is 1.63. The smallest absolute Gasteiger partial charge is 0.255 e. The van der Waals surface area contributed by atoms with Gasteiger partial charge in [-0.1, -0.05) is 12.1 Å². The number of likely N-dealkylation sites (tertiary alicyclic amines) is 1. The Morgan fingerprint density at radius 3 is 2.81 bits per heavy atom. The van der Waals surface area contributed by atoms with E-state index in [0.29, 0.717) is 24.2 Å². The minimum atomic E-state index is -0.0922. The Kier molecular flexibility index (Phi) is 2.88. The molecule has 0 atom stereocenters. The monoisotopic (exact) mass is 216 g/mol. The van der Waals surface area contributed by atoms with Crippen LogP contribution in [-0.2, 0) is 4.74 Å². The van der Waals surface area contributed by atoms with E-state index < -0.39 is 0 Å². The van der Waals surface area contributed by atoms with Gasteiger partial charge in [-0.05, 0) is 12.1 Å². The Morgan fingerprint density at radius 1 is 1.50 bits per heavy atom. The number of hydrogen-bond donors (Lipinski definition) is 0. The van der Waals surface area contributed by atoms with E-state index in [-0.39, 0.29) is 12.0 Å². The Hall–Kier alpha value is -1.86. The molecule has 4 nitrogen and oxygen atoms in total. The molecule has 1 aromatic rings. The molecule has 1 aliphatic rings. The molecule has 1 fully saturated rings. The predicted octanol–water partition coefficient (Wildman–Crippen LogP) is 1.03. The zero-order valence-corrected chi connectivity index (χ0v) is 9.01. The molecule has 0 spiro atoms. The number of nitriles is 1. The molecule has 1 aliphatic heterocycles. The molecular formula is C12H12N2O2. The minimum Gasteiger partial charge on any atom is -0.378 e. The maximum atomic E-state index is 12.0. The molecule has 1 saturated heterocycles. The first-order valence-electron chi connectivity index (χ1n) is 5.07. The molecule has 82 valence electrons. The van der Waals surface area contributed by atoms with Crippen LogP contribution >= 0.6 is 0 Å². The van der Waals surface area contributed by atoms with Crippen molar-refractivity contribution in [2.24, 2.45) is 0 Å². The van der Waals surface area contributed by atoms with Crippen LogP contribution in [0.5, 0.6) is 0 Å². The number of carbonyl (C=O) groups excluding carboxylic acids is 1. The fourth-order valence-electron chi connectivity index (χ4n) is 1.69. The number of rotatable bonds is 2. The average Bonchev–Trinajstić information content (AvgIpc) is 2.27. The first kappa shape index (κ1) is 10.7. The lowest BCUT2D eigenvalue weighted by atomic mass is 10.0. The normalized spacial score (nSPS) is 15.4. The lowest BCUT2D eigenvalue weighted by Crippen LogP contribution is -2.54. The van der Waals surface area contributed by atoms with E-state index in [0.717, 1.165) is 0 Å². The summed E-state index contributed by atoms with van der Waals surface area (Å²) < 4.78 is 5.10. The van der Waals surface area contributed by atoms with E-state index in [1.807, 2.05) is 6.07 Å². The van der Waals surface area contributed by atoms with Crippen molar-refractivity contribution >= 4 is 5.91 Å². The zero-order valence-electron chi connectivity index (χ0n) is 9.01. The van der Waals surface area contributed by atoms with Crippen LogP contribution < -0.4 is 0 Å². The second-order valence-electron chi connectivity index (χ2n) is 3.73. The number of ether oxygens (including phenoxy) is 1. The maximum Gasteiger partial charge on any atom is 0.255 e. The fourth-order valence-corrected chi connectivity index (χ4v) is 1.69. The quantitative estimate of drug-likeness (QED) is 0.742. The first-order chi connectivity index (χ1) is 7.76. The van der Waals surface area contributed by atoms with Crippen molar-refractivity contribution in [3.8, 4) is 6.07 Å². The van der Waals surface area contributed by atoms with Gasteiger partial charge in [0.05, 0.1) is 23.3 Å². The van der Waals surface area contributed by atoms with E-state index in [2.05, 4.69) is 0 Å². The van der Waals surface area contributed by atoms with Crippen LogP contribution in [-0.4, -0.2) is 37.1 Å². The maximum absolute atomic E-state index is 12.0. The van der Waals surface area contributed by atoms with E-state index in [9.17, 15) is 4.79 Å². The topological polar surface area (TPSA) is 53.3 Å². The molecule has 0 aromatic heterocycles. The van der Waals surface area contributed by atoms with Gasteiger partial charge in [0.2, 0.25) is 0 Å². The van der Waals surface area contributed by atoms with Gasteiger partial charge in [-0.2, -0.15) is 5.26 Å². The Balaban J connectivity index is 2.14. The third kappa shape index (κ3) is 1.77. The highest BCUT2D eigenvalue weighted by atomic mass is 16.5. The number of carbonyl (C=O) groups is 1. The van der Waals surface area contributed by atoms with E-state index in [1.165, 1.54) is 0 Å². The van der Waals surface area contributed by atoms with Gasteiger partial charge >= 0.3 is 0 Å². The van der Waals surface area contributed by atoms with Gasteiger partial charge in [-0.15, -0.1) is 0 Å². The Bertz CT molecular complexity index is 445. The van der Waals surface area contributed by atoms with Crippen LogP contribution in [0, 0.1) is 11.3 Å². The molecule has 0 radical (unpaired) electrons. The van der Waals surface area contributed by atoms with Crippen LogP contribution in [0.3, 0.4) is 0 Å². The molecule has 1 amide bonds. The van der Waals surface area contributed by atoms with Crippen molar-refractivity contribution in [3.63, 3.8) is 0 Å². The second-order valence-corrected chi connectivity index (χ2v) is 3.73. The fraction of sp³-hybridized carbons (Fsp3) is 0.333. The lowest BCUT2D eigenvalue weighted by Gasteiger charge is -2.38. The standard InChI is InChI=1S/C12H12N2O2/c1-16-10-7-14(8-10)12(15)11-5-3-2-4-9(11)6-13/h2-5,10H,7-8H2,1H3. The number of methoxy groups -OCH3 is 1. The molecule has 0 N–H and O–H groups in total. The van der Waals surface area contributed by atoms with E-state index in [4.69, 9.17) is 10.00 Å². The van der Waals surface area contributed by atoms with Crippen molar-refractivity contribution in [2.75, 3.05) is 20.2 Å². The van der Waals surface area contributed by atoms with Crippen molar-refractivity contribution in [1.82, 2.24) is 4.90 Å². The van der Waals surface area contributed by atoms with Crippen molar-refractivity contribution < 1.29 is 9.53 Å². The summed E-state index contributed by atoms with van der Waals surface area (Å²) in [5.41, 5.74) is 0.896. The van der Waals surface area contributed by atoms with Crippen molar-refractivity contribution in [1.29, 1.82) is 5.26 Å². The summed E-state index contributed by atoms with van der Waals surface area (Å²) in [5.74, 6) is -0.0922. The predicted molar refractivity (Wildman–Crippen MR) is 57.9 cm³/mol. The molecule has 4 heteroatoms. The number of amides is 1. The lowest BCUT2D eigenvalue weighted by molar-refractivity contribution is -0.0192. The van der Waals surface area contributed by atoms with Crippen LogP contribution in [0.4, 0.5) is 0 Å². The molecule has 16 heavy (non-hydrogen) atoms. The Labute approximate surface area is 94.0 Å². The number of hydrogen-bond acceptors (Lipinski definition) is 3. The third-order valence-electron chi connectivity index (χ3n) is 2.75. The van der Waals surface area contributed by atoms with Crippen LogP contribution in [0.25, 0.3) is 0 Å². The highest BCUT2D eigenvalue weighted by Gasteiger charge is 2.31. The molecule has 1 heterocycles. The molecule has 1 aromatic carbocycles. The van der Waals surface area contributed by atoms with Gasteiger partial charge in [-0.3, -0.25) is 4.79 Å². The van der Waals surface area contributed by atoms with Gasteiger partial charge in [-0.25, -0.2) is 0 Å². The van der Waals surface area contributed by atoms with Crippen molar-refractivity contribution in [3.05, 3.63) is 35.4 Å². The Morgan fingerprint density at radius 2 is 2.19 bits per heavy atom. The van der Waals surface area contributed by atoms with Crippen LogP contribution in [0.1, 0.15) is 15.9 Å². The molecule has 0 unspecified atom stereocenters. The molecule has 0 saturated carbocycles. The third-order valence-corrected chi connectivity index (χ3v) is 2.75. The molecule has 0 bridgehead atoms. The van der Waals surface area contributed by atoms with Gasteiger partial charge in [0.15, 0.2) is 0 Å². The summed E-state index contributed by atoms with van der Waals surface area (Å²) in [4.78, 5) is 13.7. The summed E-state index contributed by atoms with van der Waals surface area (Å²) in [6.07, 6.45) is 0.137.